The highest BCUT2D eigenvalue weighted by atomic mass is 16.2. The van der Waals surface area contributed by atoms with Gasteiger partial charge < -0.3 is 10.6 Å². The molecule has 0 radical (unpaired) electrons. The number of carbonyl (C=O) groups is 1. The van der Waals surface area contributed by atoms with Gasteiger partial charge >= 0.3 is 6.03 Å². The van der Waals surface area contributed by atoms with Gasteiger partial charge in [-0.05, 0) is 38.1 Å². The summed E-state index contributed by atoms with van der Waals surface area (Å²) in [6.07, 6.45) is 3.84. The Morgan fingerprint density at radius 3 is 2.83 bits per heavy atom. The van der Waals surface area contributed by atoms with E-state index in [4.69, 9.17) is 0 Å². The molecule has 0 bridgehead atoms. The van der Waals surface area contributed by atoms with Gasteiger partial charge in [0.05, 0.1) is 5.52 Å². The van der Waals surface area contributed by atoms with E-state index >= 15 is 0 Å². The quantitative estimate of drug-likeness (QED) is 0.804. The molecule has 0 aliphatic carbocycles. The summed E-state index contributed by atoms with van der Waals surface area (Å²) in [7, 11) is 0. The fourth-order valence-corrected chi connectivity index (χ4v) is 2.47. The highest BCUT2D eigenvalue weighted by molar-refractivity contribution is 5.91. The summed E-state index contributed by atoms with van der Waals surface area (Å²) in [4.78, 5) is 12.2. The minimum atomic E-state index is -0.0249. The molecule has 1 aromatic heterocycles. The summed E-state index contributed by atoms with van der Waals surface area (Å²) in [5.74, 6) is 0. The molecular weight excluding hydrogens is 226 g/mol. The first-order chi connectivity index (χ1) is 8.84. The molecule has 0 spiro atoms. The average Bonchev–Trinajstić information content (AvgIpc) is 2.84. The van der Waals surface area contributed by atoms with Crippen molar-refractivity contribution in [3.05, 3.63) is 36.5 Å². The third-order valence-electron chi connectivity index (χ3n) is 3.49. The number of carbonyl (C=O) groups excluding carboxylic acids is 1. The standard InChI is InChI=1S/C14H17N3O/c18-14(16-12-5-8-15-9-6-12)17-10-7-11-3-1-2-4-13(11)17/h1-4,7,10,12,15H,5-6,8-9H2,(H,16,18). The highest BCUT2D eigenvalue weighted by Gasteiger charge is 2.16. The van der Waals surface area contributed by atoms with Crippen LogP contribution in [0.25, 0.3) is 10.9 Å². The molecule has 18 heavy (non-hydrogen) atoms. The van der Waals surface area contributed by atoms with Gasteiger partial charge in [-0.15, -0.1) is 0 Å². The van der Waals surface area contributed by atoms with E-state index < -0.39 is 0 Å². The number of hydrogen-bond acceptors (Lipinski definition) is 2. The molecule has 0 atom stereocenters. The van der Waals surface area contributed by atoms with E-state index in [0.717, 1.165) is 36.8 Å². The fourth-order valence-electron chi connectivity index (χ4n) is 2.47. The lowest BCUT2D eigenvalue weighted by Gasteiger charge is -2.23. The van der Waals surface area contributed by atoms with E-state index in [2.05, 4.69) is 10.6 Å². The second kappa shape index (κ2) is 4.82. The average molecular weight is 243 g/mol. The zero-order valence-electron chi connectivity index (χ0n) is 10.2. The summed E-state index contributed by atoms with van der Waals surface area (Å²) in [5.41, 5.74) is 0.962. The van der Waals surface area contributed by atoms with Gasteiger partial charge in [-0.3, -0.25) is 4.57 Å². The SMILES string of the molecule is O=C(NC1CCNCC1)n1ccc2ccccc21. The zero-order valence-corrected chi connectivity index (χ0v) is 10.2. The minimum Gasteiger partial charge on any atom is -0.335 e. The number of hydrogen-bond donors (Lipinski definition) is 2. The molecule has 1 saturated heterocycles. The summed E-state index contributed by atoms with van der Waals surface area (Å²) in [6.45, 7) is 1.97. The molecule has 1 aromatic carbocycles. The molecule has 0 unspecified atom stereocenters. The summed E-state index contributed by atoms with van der Waals surface area (Å²) in [5, 5.41) is 7.49. The van der Waals surface area contributed by atoms with E-state index in [0.29, 0.717) is 6.04 Å². The van der Waals surface area contributed by atoms with Crippen molar-refractivity contribution in [2.75, 3.05) is 13.1 Å². The number of fused-ring (bicyclic) bond motifs is 1. The third-order valence-corrected chi connectivity index (χ3v) is 3.49. The molecule has 1 aliphatic heterocycles. The largest absolute Gasteiger partial charge is 0.335 e. The van der Waals surface area contributed by atoms with Crippen molar-refractivity contribution >= 4 is 16.9 Å². The number of benzene rings is 1. The third kappa shape index (κ3) is 2.11. The highest BCUT2D eigenvalue weighted by Crippen LogP contribution is 2.15. The Hall–Kier alpha value is -1.81. The topological polar surface area (TPSA) is 46.1 Å². The van der Waals surface area contributed by atoms with E-state index in [-0.39, 0.29) is 6.03 Å². The lowest BCUT2D eigenvalue weighted by molar-refractivity contribution is 0.236. The number of rotatable bonds is 1. The second-order valence-electron chi connectivity index (χ2n) is 4.72. The van der Waals surface area contributed by atoms with E-state index in [1.165, 1.54) is 0 Å². The monoisotopic (exact) mass is 243 g/mol. The van der Waals surface area contributed by atoms with Crippen LogP contribution in [0, 0.1) is 0 Å². The predicted molar refractivity (Wildman–Crippen MR) is 71.8 cm³/mol. The van der Waals surface area contributed by atoms with Crippen LogP contribution in [0.3, 0.4) is 0 Å². The molecule has 4 nitrogen and oxygen atoms in total. The number of para-hydroxylation sites is 1. The summed E-state index contributed by atoms with van der Waals surface area (Å²) < 4.78 is 1.69. The molecule has 4 heteroatoms. The molecule has 1 amide bonds. The maximum atomic E-state index is 12.2. The van der Waals surface area contributed by atoms with Crippen LogP contribution in [0.4, 0.5) is 4.79 Å². The zero-order chi connectivity index (χ0) is 12.4. The number of piperidine rings is 1. The Kier molecular flexibility index (Phi) is 3.02. The fraction of sp³-hybridized carbons (Fsp3) is 0.357. The van der Waals surface area contributed by atoms with Crippen molar-refractivity contribution in [3.8, 4) is 0 Å². The summed E-state index contributed by atoms with van der Waals surface area (Å²) in [6, 6.07) is 10.2. The number of aromatic nitrogens is 1. The molecule has 2 heterocycles. The number of nitrogens with one attached hydrogen (secondary N) is 2. The number of nitrogens with zero attached hydrogens (tertiary/aromatic N) is 1. The van der Waals surface area contributed by atoms with Crippen LogP contribution in [0.5, 0.6) is 0 Å². The van der Waals surface area contributed by atoms with Gasteiger partial charge in [0.25, 0.3) is 0 Å². The first kappa shape index (κ1) is 11.3. The van der Waals surface area contributed by atoms with Gasteiger partial charge in [0.2, 0.25) is 0 Å². The van der Waals surface area contributed by atoms with Crippen LogP contribution in [0.15, 0.2) is 36.5 Å². The first-order valence-corrected chi connectivity index (χ1v) is 6.42. The van der Waals surface area contributed by atoms with Crippen molar-refractivity contribution in [2.45, 2.75) is 18.9 Å². The van der Waals surface area contributed by atoms with Crippen molar-refractivity contribution in [1.82, 2.24) is 15.2 Å². The maximum Gasteiger partial charge on any atom is 0.326 e. The van der Waals surface area contributed by atoms with Crippen LogP contribution < -0.4 is 10.6 Å². The lowest BCUT2D eigenvalue weighted by atomic mass is 10.1. The van der Waals surface area contributed by atoms with Gasteiger partial charge in [-0.1, -0.05) is 18.2 Å². The van der Waals surface area contributed by atoms with Gasteiger partial charge in [0.1, 0.15) is 0 Å². The minimum absolute atomic E-state index is 0.0249. The maximum absolute atomic E-state index is 12.2. The van der Waals surface area contributed by atoms with Crippen molar-refractivity contribution < 1.29 is 4.79 Å². The van der Waals surface area contributed by atoms with E-state index in [1.54, 1.807) is 4.57 Å². The molecular formula is C14H17N3O. The second-order valence-corrected chi connectivity index (χ2v) is 4.72. The normalized spacial score (nSPS) is 16.9. The smallest absolute Gasteiger partial charge is 0.326 e. The van der Waals surface area contributed by atoms with E-state index in [1.807, 2.05) is 36.5 Å². The predicted octanol–water partition coefficient (Wildman–Crippen LogP) is 1.95. The molecule has 94 valence electrons. The van der Waals surface area contributed by atoms with Crippen LogP contribution >= 0.6 is 0 Å². The molecule has 0 saturated carbocycles. The molecule has 2 aromatic rings. The van der Waals surface area contributed by atoms with Gasteiger partial charge in [-0.2, -0.15) is 0 Å². The van der Waals surface area contributed by atoms with E-state index in [9.17, 15) is 4.79 Å². The van der Waals surface area contributed by atoms with Crippen molar-refractivity contribution in [2.24, 2.45) is 0 Å². The van der Waals surface area contributed by atoms with Crippen molar-refractivity contribution in [1.29, 1.82) is 0 Å². The summed E-state index contributed by atoms with van der Waals surface area (Å²) >= 11 is 0. The first-order valence-electron chi connectivity index (χ1n) is 6.42. The Bertz CT molecular complexity index is 555. The Morgan fingerprint density at radius 1 is 1.22 bits per heavy atom. The van der Waals surface area contributed by atoms with Crippen LogP contribution in [0.2, 0.25) is 0 Å². The van der Waals surface area contributed by atoms with Gasteiger partial charge in [0, 0.05) is 17.6 Å². The van der Waals surface area contributed by atoms with Gasteiger partial charge in [0.15, 0.2) is 0 Å². The number of amides is 1. The Labute approximate surface area is 106 Å². The molecule has 1 aliphatic rings. The molecule has 3 rings (SSSR count). The molecule has 1 fully saturated rings. The van der Waals surface area contributed by atoms with Crippen molar-refractivity contribution in [3.63, 3.8) is 0 Å². The molecule has 2 N–H and O–H groups in total. The Morgan fingerprint density at radius 2 is 2.00 bits per heavy atom. The van der Waals surface area contributed by atoms with Crippen LogP contribution in [-0.4, -0.2) is 29.7 Å². The van der Waals surface area contributed by atoms with Gasteiger partial charge in [-0.25, -0.2) is 4.79 Å². The van der Waals surface area contributed by atoms with Crippen LogP contribution in [0.1, 0.15) is 12.8 Å². The lowest BCUT2D eigenvalue weighted by Crippen LogP contribution is -2.44. The Balaban J connectivity index is 1.79. The van der Waals surface area contributed by atoms with Crippen LogP contribution in [-0.2, 0) is 0 Å².